The van der Waals surface area contributed by atoms with E-state index in [0.717, 1.165) is 30.4 Å². The van der Waals surface area contributed by atoms with Crippen LogP contribution in [0.4, 0.5) is 0 Å². The lowest BCUT2D eigenvalue weighted by Gasteiger charge is -2.39. The fourth-order valence-electron chi connectivity index (χ4n) is 6.99. The quantitative estimate of drug-likeness (QED) is 0.258. The van der Waals surface area contributed by atoms with Crippen LogP contribution in [0.3, 0.4) is 0 Å². The van der Waals surface area contributed by atoms with E-state index in [-0.39, 0.29) is 43.2 Å². The van der Waals surface area contributed by atoms with Gasteiger partial charge in [0, 0.05) is 37.7 Å². The predicted molar refractivity (Wildman–Crippen MR) is 176 cm³/mol. The van der Waals surface area contributed by atoms with Crippen LogP contribution >= 0.6 is 0 Å². The molecule has 2 N–H and O–H groups in total. The lowest BCUT2D eigenvalue weighted by atomic mass is 9.88. The molecule has 1 aromatic heterocycles. The molecule has 46 heavy (non-hydrogen) atoms. The van der Waals surface area contributed by atoms with Gasteiger partial charge in [-0.2, -0.15) is 0 Å². The van der Waals surface area contributed by atoms with Crippen molar-refractivity contribution in [3.8, 4) is 0 Å². The average molecular weight is 634 g/mol. The van der Waals surface area contributed by atoms with Gasteiger partial charge in [0.15, 0.2) is 0 Å². The number of amides is 1. The summed E-state index contributed by atoms with van der Waals surface area (Å²) in [5, 5.41) is 0. The van der Waals surface area contributed by atoms with Crippen LogP contribution in [-0.2, 0) is 35.1 Å². The van der Waals surface area contributed by atoms with Crippen molar-refractivity contribution in [1.29, 1.82) is 0 Å². The molecule has 0 aromatic carbocycles. The molecule has 4 rings (SSSR count). The van der Waals surface area contributed by atoms with E-state index in [2.05, 4.69) is 25.1 Å². The van der Waals surface area contributed by atoms with Crippen LogP contribution in [0.1, 0.15) is 90.0 Å². The normalized spacial score (nSPS) is 32.0. The fourth-order valence-corrected chi connectivity index (χ4v) is 6.99. The van der Waals surface area contributed by atoms with Crippen molar-refractivity contribution >= 4 is 23.4 Å². The number of hydrogen-bond donors (Lipinski definition) is 1. The van der Waals surface area contributed by atoms with Crippen molar-refractivity contribution < 1.29 is 28.7 Å². The Morgan fingerprint density at radius 2 is 1.96 bits per heavy atom. The van der Waals surface area contributed by atoms with Gasteiger partial charge in [0.25, 0.3) is 5.91 Å². The number of aryl methyl sites for hydroxylation is 1. The Bertz CT molecular complexity index is 1310. The molecule has 1 unspecified atom stereocenters. The third-order valence-corrected chi connectivity index (χ3v) is 9.95. The van der Waals surface area contributed by atoms with Crippen LogP contribution in [0.15, 0.2) is 61.2 Å². The molecule has 0 spiro atoms. The number of rotatable bonds is 5. The number of ketones is 2. The highest BCUT2D eigenvalue weighted by Gasteiger charge is 2.49. The van der Waals surface area contributed by atoms with Gasteiger partial charge < -0.3 is 20.1 Å². The van der Waals surface area contributed by atoms with Crippen LogP contribution in [0, 0.1) is 17.8 Å². The molecular formula is C37H51N3O6. The first kappa shape index (κ1) is 35.3. The zero-order valence-electron chi connectivity index (χ0n) is 27.6. The topological polar surface area (TPSA) is 129 Å². The van der Waals surface area contributed by atoms with Gasteiger partial charge >= 0.3 is 5.97 Å². The summed E-state index contributed by atoms with van der Waals surface area (Å²) >= 11 is 0. The maximum Gasteiger partial charge on any atom is 0.309 e. The number of fused-ring (bicyclic) bond motifs is 3. The van der Waals surface area contributed by atoms with Crippen molar-refractivity contribution in [1.82, 2.24) is 9.88 Å². The number of Topliss-reactive ketones (excluding diaryl/α,β-unsaturated/α-hetero) is 2. The molecular weight excluding hydrogens is 582 g/mol. The molecule has 1 amide bonds. The number of aromatic nitrogens is 1. The minimum Gasteiger partial charge on any atom is -0.493 e. The summed E-state index contributed by atoms with van der Waals surface area (Å²) in [7, 11) is 0. The number of ether oxygens (including phenoxy) is 2. The smallest absolute Gasteiger partial charge is 0.309 e. The fraction of sp³-hybridized carbons (Fsp3) is 0.595. The highest BCUT2D eigenvalue weighted by molar-refractivity contribution is 6.39. The molecule has 3 aliphatic rings. The molecule has 1 aromatic rings. The SMILES string of the molecule is C=CCC1/C=C(\C)CCOC(=O)[C@H]2CC[C@](N)(C2)C(=O)C(=O)N2CCCC[C@H]2C(=C)O[C@H](CCc2cccnc2)[C@H](C)CCC1=O. The molecule has 2 aliphatic heterocycles. The zero-order chi connectivity index (χ0) is 33.3. The van der Waals surface area contributed by atoms with Gasteiger partial charge in [-0.05, 0) is 88.7 Å². The second kappa shape index (κ2) is 16.3. The minimum atomic E-state index is -1.42. The van der Waals surface area contributed by atoms with E-state index in [9.17, 15) is 19.2 Å². The van der Waals surface area contributed by atoms with E-state index in [1.54, 1.807) is 17.2 Å². The van der Waals surface area contributed by atoms with Gasteiger partial charge in [-0.1, -0.05) is 37.3 Å². The van der Waals surface area contributed by atoms with Crippen molar-refractivity contribution in [2.45, 2.75) is 109 Å². The van der Waals surface area contributed by atoms with E-state index in [4.69, 9.17) is 15.2 Å². The number of piperidine rings is 1. The van der Waals surface area contributed by atoms with Crippen LogP contribution < -0.4 is 5.73 Å². The highest BCUT2D eigenvalue weighted by Crippen LogP contribution is 2.36. The van der Waals surface area contributed by atoms with Crippen LogP contribution in [-0.4, -0.2) is 64.2 Å². The largest absolute Gasteiger partial charge is 0.493 e. The number of cyclic esters (lactones) is 1. The van der Waals surface area contributed by atoms with Gasteiger partial charge in [-0.3, -0.25) is 24.2 Å². The number of carbonyl (C=O) groups is 4. The van der Waals surface area contributed by atoms with Crippen molar-refractivity contribution in [3.05, 3.63) is 66.7 Å². The average Bonchev–Trinajstić information content (AvgIpc) is 3.47. The lowest BCUT2D eigenvalue weighted by Crippen LogP contribution is -2.57. The molecule has 6 atom stereocenters. The highest BCUT2D eigenvalue weighted by atomic mass is 16.5. The van der Waals surface area contributed by atoms with E-state index >= 15 is 0 Å². The van der Waals surface area contributed by atoms with Crippen molar-refractivity contribution in [3.63, 3.8) is 0 Å². The zero-order valence-corrected chi connectivity index (χ0v) is 27.6. The number of nitrogens with two attached hydrogens (primary N) is 1. The third-order valence-electron chi connectivity index (χ3n) is 9.95. The van der Waals surface area contributed by atoms with E-state index in [1.807, 2.05) is 31.3 Å². The van der Waals surface area contributed by atoms with Gasteiger partial charge in [0.1, 0.15) is 17.6 Å². The molecule has 250 valence electrons. The Morgan fingerprint density at radius 1 is 1.15 bits per heavy atom. The number of carbonyl (C=O) groups excluding carboxylic acids is 4. The maximum absolute atomic E-state index is 13.8. The standard InChI is InChI=1S/C37H51N3O6/c1-5-9-29-22-25(2)17-21-45-36(44)30-16-18-37(38,23-30)34(42)35(43)40-20-7-6-11-31(40)27(4)46-33(26(3)12-14-32(29)41)15-13-28-10-8-19-39-24-28/h5,8,10,19,22,24,26,29-31,33H,1,4,6-7,9,11-18,20-21,23,38H2,2-3H3/b25-22+/t26-,29?,30+,31+,33-,37+/m1/s1. The molecule has 2 fully saturated rings. The van der Waals surface area contributed by atoms with Gasteiger partial charge in [-0.25, -0.2) is 0 Å². The second-order valence-electron chi connectivity index (χ2n) is 13.5. The summed E-state index contributed by atoms with van der Waals surface area (Å²) in [6.45, 7) is 12.7. The van der Waals surface area contributed by atoms with Crippen molar-refractivity contribution in [2.24, 2.45) is 23.5 Å². The molecule has 2 bridgehead atoms. The Labute approximate surface area is 273 Å². The number of hydrogen-bond acceptors (Lipinski definition) is 8. The van der Waals surface area contributed by atoms with Crippen LogP contribution in [0.5, 0.6) is 0 Å². The number of pyridine rings is 1. The third kappa shape index (κ3) is 9.02. The Kier molecular flexibility index (Phi) is 12.5. The molecule has 1 saturated heterocycles. The summed E-state index contributed by atoms with van der Waals surface area (Å²) in [6.07, 6.45) is 13.4. The Balaban J connectivity index is 1.61. The first-order valence-electron chi connectivity index (χ1n) is 16.9. The summed E-state index contributed by atoms with van der Waals surface area (Å²) < 4.78 is 12.2. The number of nitrogens with zero attached hydrogens (tertiary/aromatic N) is 2. The molecule has 3 heterocycles. The lowest BCUT2D eigenvalue weighted by molar-refractivity contribution is -0.151. The second-order valence-corrected chi connectivity index (χ2v) is 13.5. The number of esters is 1. The monoisotopic (exact) mass is 633 g/mol. The predicted octanol–water partition coefficient (Wildman–Crippen LogP) is 5.43. The van der Waals surface area contributed by atoms with E-state index in [1.165, 1.54) is 0 Å². The molecule has 0 radical (unpaired) electrons. The molecule has 9 nitrogen and oxygen atoms in total. The van der Waals surface area contributed by atoms with E-state index < -0.39 is 35.2 Å². The number of allylic oxidation sites excluding steroid dienone is 2. The van der Waals surface area contributed by atoms with E-state index in [0.29, 0.717) is 57.2 Å². The maximum atomic E-state index is 13.8. The molecule has 1 saturated carbocycles. The Hall–Kier alpha value is -3.59. The van der Waals surface area contributed by atoms with Gasteiger partial charge in [-0.15, -0.1) is 6.58 Å². The van der Waals surface area contributed by atoms with Crippen LogP contribution in [0.2, 0.25) is 0 Å². The summed E-state index contributed by atoms with van der Waals surface area (Å²) in [4.78, 5) is 59.6. The first-order valence-corrected chi connectivity index (χ1v) is 16.9. The van der Waals surface area contributed by atoms with Gasteiger partial charge in [0.2, 0.25) is 5.78 Å². The summed E-state index contributed by atoms with van der Waals surface area (Å²) in [5.74, 6) is -1.98. The minimum absolute atomic E-state index is 0.0115. The summed E-state index contributed by atoms with van der Waals surface area (Å²) in [6, 6.07) is 3.47. The van der Waals surface area contributed by atoms with Gasteiger partial charge in [0.05, 0.1) is 24.1 Å². The summed E-state index contributed by atoms with van der Waals surface area (Å²) in [5.41, 5.74) is 7.18. The Morgan fingerprint density at radius 3 is 2.70 bits per heavy atom. The molecule has 9 heteroatoms. The molecule has 1 aliphatic carbocycles. The van der Waals surface area contributed by atoms with Crippen LogP contribution in [0.25, 0.3) is 0 Å². The first-order chi connectivity index (χ1) is 22.0. The van der Waals surface area contributed by atoms with Crippen molar-refractivity contribution in [2.75, 3.05) is 13.2 Å².